The molecule has 1 amide bonds. The highest BCUT2D eigenvalue weighted by Gasteiger charge is 2.18. The van der Waals surface area contributed by atoms with E-state index in [-0.39, 0.29) is 24.0 Å². The third kappa shape index (κ3) is 10.8. The van der Waals surface area contributed by atoms with Crippen molar-refractivity contribution in [1.82, 2.24) is 15.5 Å². The minimum absolute atomic E-state index is 0. The Labute approximate surface area is 188 Å². The van der Waals surface area contributed by atoms with Gasteiger partial charge in [-0.1, -0.05) is 19.3 Å². The van der Waals surface area contributed by atoms with Crippen molar-refractivity contribution in [3.8, 4) is 0 Å². The van der Waals surface area contributed by atoms with Crippen LogP contribution in [-0.4, -0.2) is 62.2 Å². The van der Waals surface area contributed by atoms with E-state index in [1.807, 2.05) is 4.90 Å². The minimum atomic E-state index is 0. The molecule has 7 heteroatoms. The number of likely N-dealkylation sites (tertiary alicyclic amines) is 1. The number of hydrogen-bond acceptors (Lipinski definition) is 3. The number of unbranched alkanes of at least 4 members (excludes halogenated alkanes) is 2. The van der Waals surface area contributed by atoms with Gasteiger partial charge in [-0.15, -0.1) is 24.0 Å². The highest BCUT2D eigenvalue weighted by molar-refractivity contribution is 14.0. The Bertz CT molecular complexity index is 442. The lowest BCUT2D eigenvalue weighted by Crippen LogP contribution is -2.38. The lowest BCUT2D eigenvalue weighted by Gasteiger charge is -2.21. The van der Waals surface area contributed by atoms with E-state index in [1.165, 1.54) is 38.5 Å². The van der Waals surface area contributed by atoms with Gasteiger partial charge in [-0.3, -0.25) is 9.79 Å². The molecule has 2 rings (SSSR count). The quantitative estimate of drug-likeness (QED) is 0.183. The zero-order valence-electron chi connectivity index (χ0n) is 17.7. The Hall–Kier alpha value is -0.570. The molecule has 1 aliphatic carbocycles. The lowest BCUT2D eigenvalue weighted by molar-refractivity contribution is -0.127. The van der Waals surface area contributed by atoms with Crippen LogP contribution < -0.4 is 10.6 Å². The lowest BCUT2D eigenvalue weighted by atomic mass is 9.98. The van der Waals surface area contributed by atoms with Crippen LogP contribution in [0.1, 0.15) is 77.6 Å². The fourth-order valence-corrected chi connectivity index (χ4v) is 3.83. The molecule has 1 heterocycles. The van der Waals surface area contributed by atoms with Crippen molar-refractivity contribution < 1.29 is 9.53 Å². The number of nitrogens with zero attached hydrogens (tertiary/aromatic N) is 2. The molecule has 2 aliphatic rings. The number of amides is 1. The van der Waals surface area contributed by atoms with E-state index in [0.29, 0.717) is 12.0 Å². The zero-order valence-corrected chi connectivity index (χ0v) is 20.0. The van der Waals surface area contributed by atoms with Crippen molar-refractivity contribution >= 4 is 35.8 Å². The topological polar surface area (TPSA) is 66.0 Å². The van der Waals surface area contributed by atoms with Gasteiger partial charge in [0.25, 0.3) is 0 Å². The van der Waals surface area contributed by atoms with Gasteiger partial charge in [-0.05, 0) is 51.9 Å². The fourth-order valence-electron chi connectivity index (χ4n) is 3.83. The predicted molar refractivity (Wildman–Crippen MR) is 127 cm³/mol. The van der Waals surface area contributed by atoms with Crippen LogP contribution in [0.2, 0.25) is 0 Å². The Balaban J connectivity index is 0.00000392. The summed E-state index contributed by atoms with van der Waals surface area (Å²) < 4.78 is 5.98. The highest BCUT2D eigenvalue weighted by atomic mass is 127. The molecule has 0 unspecified atom stereocenters. The summed E-state index contributed by atoms with van der Waals surface area (Å²) >= 11 is 0. The number of guanidine groups is 1. The first-order chi connectivity index (χ1) is 13.3. The largest absolute Gasteiger partial charge is 0.378 e. The molecule has 28 heavy (non-hydrogen) atoms. The summed E-state index contributed by atoms with van der Waals surface area (Å²) in [4.78, 5) is 18.2. The van der Waals surface area contributed by atoms with E-state index < -0.39 is 0 Å². The van der Waals surface area contributed by atoms with Crippen molar-refractivity contribution in [3.63, 3.8) is 0 Å². The zero-order chi connectivity index (χ0) is 19.2. The first-order valence-electron chi connectivity index (χ1n) is 11.2. The van der Waals surface area contributed by atoms with Crippen LogP contribution in [0.25, 0.3) is 0 Å². The number of hydrogen-bond donors (Lipinski definition) is 2. The number of halogens is 1. The Kier molecular flexibility index (Phi) is 14.8. The Morgan fingerprint density at radius 1 is 1.11 bits per heavy atom. The standard InChI is InChI=1S/C21H40N4O2.HI/c1-2-22-21(24-15-10-17-25-16-9-13-20(25)26)23-14-7-4-8-18-27-19-11-5-3-6-12-19;/h19H,2-18H2,1H3,(H2,22,23,24);1H. The van der Waals surface area contributed by atoms with Crippen LogP contribution in [0.15, 0.2) is 4.99 Å². The molecular weight excluding hydrogens is 467 g/mol. The van der Waals surface area contributed by atoms with Crippen LogP contribution in [-0.2, 0) is 9.53 Å². The maximum Gasteiger partial charge on any atom is 0.222 e. The van der Waals surface area contributed by atoms with Gasteiger partial charge in [0.1, 0.15) is 0 Å². The highest BCUT2D eigenvalue weighted by Crippen LogP contribution is 2.20. The summed E-state index contributed by atoms with van der Waals surface area (Å²) in [7, 11) is 0. The molecule has 2 N–H and O–H groups in total. The summed E-state index contributed by atoms with van der Waals surface area (Å²) in [6.07, 6.45) is 13.3. The molecule has 6 nitrogen and oxygen atoms in total. The molecule has 0 bridgehead atoms. The maximum absolute atomic E-state index is 11.6. The van der Waals surface area contributed by atoms with Crippen LogP contribution >= 0.6 is 24.0 Å². The molecule has 0 aromatic rings. The van der Waals surface area contributed by atoms with E-state index >= 15 is 0 Å². The first-order valence-corrected chi connectivity index (χ1v) is 11.2. The van der Waals surface area contributed by atoms with Gasteiger partial charge in [0.05, 0.1) is 6.10 Å². The Morgan fingerprint density at radius 2 is 1.93 bits per heavy atom. The van der Waals surface area contributed by atoms with Crippen molar-refractivity contribution in [2.75, 3.05) is 39.3 Å². The molecule has 0 aromatic carbocycles. The monoisotopic (exact) mass is 508 g/mol. The van der Waals surface area contributed by atoms with Gasteiger partial charge < -0.3 is 20.3 Å². The maximum atomic E-state index is 11.6. The minimum Gasteiger partial charge on any atom is -0.378 e. The molecular formula is C21H41IN4O2. The normalized spacial score (nSPS) is 18.2. The van der Waals surface area contributed by atoms with E-state index in [0.717, 1.165) is 77.4 Å². The van der Waals surface area contributed by atoms with E-state index in [9.17, 15) is 4.79 Å². The van der Waals surface area contributed by atoms with Crippen LogP contribution in [0, 0.1) is 0 Å². The molecule has 1 saturated carbocycles. The van der Waals surface area contributed by atoms with Crippen LogP contribution in [0.5, 0.6) is 0 Å². The summed E-state index contributed by atoms with van der Waals surface area (Å²) in [5, 5.41) is 6.71. The van der Waals surface area contributed by atoms with Gasteiger partial charge in [-0.2, -0.15) is 0 Å². The van der Waals surface area contributed by atoms with Gasteiger partial charge >= 0.3 is 0 Å². The molecule has 2 fully saturated rings. The summed E-state index contributed by atoms with van der Waals surface area (Å²) in [5.41, 5.74) is 0. The number of aliphatic imine (C=N–C) groups is 1. The third-order valence-corrected chi connectivity index (χ3v) is 5.39. The van der Waals surface area contributed by atoms with Gasteiger partial charge in [0.15, 0.2) is 5.96 Å². The third-order valence-electron chi connectivity index (χ3n) is 5.39. The van der Waals surface area contributed by atoms with Crippen molar-refractivity contribution in [2.45, 2.75) is 83.7 Å². The average Bonchev–Trinajstić information content (AvgIpc) is 3.10. The second-order valence-electron chi connectivity index (χ2n) is 7.72. The van der Waals surface area contributed by atoms with E-state index in [2.05, 4.69) is 22.5 Å². The predicted octanol–water partition coefficient (Wildman–Crippen LogP) is 3.69. The number of nitrogens with one attached hydrogen (secondary N) is 2. The molecule has 0 spiro atoms. The van der Waals surface area contributed by atoms with Gasteiger partial charge in [0.2, 0.25) is 5.91 Å². The van der Waals surface area contributed by atoms with E-state index in [4.69, 9.17) is 4.74 Å². The van der Waals surface area contributed by atoms with Gasteiger partial charge in [-0.25, -0.2) is 0 Å². The molecule has 0 radical (unpaired) electrons. The second-order valence-corrected chi connectivity index (χ2v) is 7.72. The molecule has 1 saturated heterocycles. The average molecular weight is 508 g/mol. The van der Waals surface area contributed by atoms with Crippen LogP contribution in [0.3, 0.4) is 0 Å². The SMILES string of the molecule is CCNC(=NCCCN1CCCC1=O)NCCCCCOC1CCCCC1.I. The number of carbonyl (C=O) groups excluding carboxylic acids is 1. The van der Waals surface area contributed by atoms with Crippen LogP contribution in [0.4, 0.5) is 0 Å². The number of rotatable bonds is 12. The first kappa shape index (κ1) is 25.5. The second kappa shape index (κ2) is 16.3. The fraction of sp³-hybridized carbons (Fsp3) is 0.905. The van der Waals surface area contributed by atoms with Crippen molar-refractivity contribution in [2.24, 2.45) is 4.99 Å². The smallest absolute Gasteiger partial charge is 0.222 e. The number of ether oxygens (including phenoxy) is 1. The summed E-state index contributed by atoms with van der Waals surface area (Å²) in [5.74, 6) is 1.19. The van der Waals surface area contributed by atoms with Gasteiger partial charge in [0, 0.05) is 45.8 Å². The number of carbonyl (C=O) groups is 1. The molecule has 0 aromatic heterocycles. The molecule has 0 atom stereocenters. The summed E-state index contributed by atoms with van der Waals surface area (Å²) in [6, 6.07) is 0. The van der Waals surface area contributed by atoms with Crippen molar-refractivity contribution in [1.29, 1.82) is 0 Å². The molecule has 1 aliphatic heterocycles. The van der Waals surface area contributed by atoms with Crippen molar-refractivity contribution in [3.05, 3.63) is 0 Å². The van der Waals surface area contributed by atoms with E-state index in [1.54, 1.807) is 0 Å². The molecule has 164 valence electrons. The Morgan fingerprint density at radius 3 is 2.64 bits per heavy atom. The summed E-state index contributed by atoms with van der Waals surface area (Å²) in [6.45, 7) is 7.32.